The van der Waals surface area contributed by atoms with Crippen molar-refractivity contribution in [2.75, 3.05) is 33.4 Å². The molecule has 8 heteroatoms. The first-order valence-corrected chi connectivity index (χ1v) is 8.39. The van der Waals surface area contributed by atoms with Crippen LogP contribution in [0, 0.1) is 0 Å². The molecule has 0 bridgehead atoms. The van der Waals surface area contributed by atoms with E-state index in [1.165, 1.54) is 11.3 Å². The van der Waals surface area contributed by atoms with E-state index in [1.54, 1.807) is 6.07 Å². The molecule has 2 heterocycles. The van der Waals surface area contributed by atoms with Crippen molar-refractivity contribution in [2.24, 2.45) is 0 Å². The van der Waals surface area contributed by atoms with Gasteiger partial charge in [0.05, 0.1) is 25.9 Å². The topological polar surface area (TPSA) is 76.7 Å². The average Bonchev–Trinajstić information content (AvgIpc) is 2.88. The third kappa shape index (κ3) is 4.23. The largest absolute Gasteiger partial charge is 0.376 e. The predicted molar refractivity (Wildman–Crippen MR) is 72.8 cm³/mol. The Morgan fingerprint density at radius 3 is 3.00 bits per heavy atom. The second-order valence-corrected chi connectivity index (χ2v) is 7.13. The van der Waals surface area contributed by atoms with Crippen LogP contribution in [0.5, 0.6) is 0 Å². The summed E-state index contributed by atoms with van der Waals surface area (Å²) >= 11 is 1.22. The van der Waals surface area contributed by atoms with E-state index in [0.717, 1.165) is 5.56 Å². The molecule has 1 saturated heterocycles. The van der Waals surface area contributed by atoms with Gasteiger partial charge in [-0.25, -0.2) is 13.1 Å². The molecule has 108 valence electrons. The van der Waals surface area contributed by atoms with Gasteiger partial charge in [-0.1, -0.05) is 0 Å². The molecule has 0 saturated carbocycles. The van der Waals surface area contributed by atoms with E-state index in [-0.39, 0.29) is 12.6 Å². The van der Waals surface area contributed by atoms with E-state index in [0.29, 0.717) is 30.6 Å². The number of nitrogens with one attached hydrogen (secondary N) is 2. The fourth-order valence-corrected chi connectivity index (χ4v) is 4.04. The Morgan fingerprint density at radius 1 is 1.47 bits per heavy atom. The van der Waals surface area contributed by atoms with Crippen molar-refractivity contribution in [2.45, 2.75) is 16.9 Å². The van der Waals surface area contributed by atoms with Crippen LogP contribution in [0.25, 0.3) is 0 Å². The Hall–Kier alpha value is -0.510. The third-order valence-electron chi connectivity index (χ3n) is 2.66. The van der Waals surface area contributed by atoms with Crippen molar-refractivity contribution in [3.63, 3.8) is 0 Å². The van der Waals surface area contributed by atoms with Gasteiger partial charge in [-0.3, -0.25) is 0 Å². The summed E-state index contributed by atoms with van der Waals surface area (Å²) in [4.78, 5) is 0. The molecule has 1 aromatic heterocycles. The molecule has 0 aromatic carbocycles. The lowest BCUT2D eigenvalue weighted by Crippen LogP contribution is -2.39. The zero-order valence-electron chi connectivity index (χ0n) is 10.7. The smallest absolute Gasteiger partial charge is 0.250 e. The van der Waals surface area contributed by atoms with Gasteiger partial charge >= 0.3 is 0 Å². The van der Waals surface area contributed by atoms with Crippen LogP contribution in [0.4, 0.5) is 0 Å². The van der Waals surface area contributed by atoms with Gasteiger partial charge in [-0.05, 0) is 24.1 Å². The Kier molecular flexibility index (Phi) is 5.31. The van der Waals surface area contributed by atoms with Gasteiger partial charge in [0, 0.05) is 13.1 Å². The summed E-state index contributed by atoms with van der Waals surface area (Å²) in [5.41, 5.74) is 0.963. The lowest BCUT2D eigenvalue weighted by atomic mass is 10.3. The first-order chi connectivity index (χ1) is 9.12. The predicted octanol–water partition coefficient (Wildman–Crippen LogP) is 0.161. The fraction of sp³-hybridized carbons (Fsp3) is 0.636. The highest BCUT2D eigenvalue weighted by molar-refractivity contribution is 7.91. The lowest BCUT2D eigenvalue weighted by molar-refractivity contribution is -0.0846. The molecule has 1 aliphatic heterocycles. The van der Waals surface area contributed by atoms with Crippen molar-refractivity contribution < 1.29 is 17.9 Å². The quantitative estimate of drug-likeness (QED) is 0.783. The Balaban J connectivity index is 1.92. The number of hydrogen-bond acceptors (Lipinski definition) is 6. The Labute approximate surface area is 117 Å². The lowest BCUT2D eigenvalue weighted by Gasteiger charge is -2.22. The van der Waals surface area contributed by atoms with Crippen molar-refractivity contribution in [1.82, 2.24) is 10.0 Å². The minimum Gasteiger partial charge on any atom is -0.376 e. The number of hydrogen-bond donors (Lipinski definition) is 2. The fourth-order valence-electron chi connectivity index (χ4n) is 1.72. The van der Waals surface area contributed by atoms with E-state index in [4.69, 9.17) is 9.47 Å². The normalized spacial score (nSPS) is 20.6. The van der Waals surface area contributed by atoms with Crippen molar-refractivity contribution in [1.29, 1.82) is 0 Å². The first-order valence-electron chi connectivity index (χ1n) is 6.03. The van der Waals surface area contributed by atoms with Gasteiger partial charge in [0.2, 0.25) is 10.0 Å². The number of rotatable bonds is 6. The van der Waals surface area contributed by atoms with Crippen molar-refractivity contribution in [3.8, 4) is 0 Å². The molecule has 6 nitrogen and oxygen atoms in total. The SMILES string of the molecule is CNCc1csc(S(=O)(=O)NCC2COCCO2)c1. The highest BCUT2D eigenvalue weighted by Gasteiger charge is 2.20. The van der Waals surface area contributed by atoms with E-state index in [2.05, 4.69) is 10.0 Å². The monoisotopic (exact) mass is 306 g/mol. The summed E-state index contributed by atoms with van der Waals surface area (Å²) < 4.78 is 37.7. The van der Waals surface area contributed by atoms with Crippen molar-refractivity contribution >= 4 is 21.4 Å². The maximum absolute atomic E-state index is 12.1. The Bertz CT molecular complexity index is 495. The summed E-state index contributed by atoms with van der Waals surface area (Å²) in [7, 11) is -1.63. The first kappa shape index (κ1) is 14.9. The summed E-state index contributed by atoms with van der Waals surface area (Å²) in [5, 5.41) is 4.83. The molecule has 2 N–H and O–H groups in total. The van der Waals surface area contributed by atoms with Crippen LogP contribution in [-0.2, 0) is 26.0 Å². The molecule has 1 fully saturated rings. The zero-order chi connectivity index (χ0) is 13.7. The molecule has 1 aliphatic rings. The maximum Gasteiger partial charge on any atom is 0.250 e. The minimum absolute atomic E-state index is 0.208. The number of thiophene rings is 1. The van der Waals surface area contributed by atoms with E-state index < -0.39 is 10.0 Å². The molecule has 1 aromatic rings. The van der Waals surface area contributed by atoms with Crippen LogP contribution in [0.2, 0.25) is 0 Å². The summed E-state index contributed by atoms with van der Waals surface area (Å²) in [5.74, 6) is 0. The highest BCUT2D eigenvalue weighted by Crippen LogP contribution is 2.20. The Morgan fingerprint density at radius 2 is 2.32 bits per heavy atom. The molecular formula is C11H18N2O4S2. The molecule has 0 amide bonds. The van der Waals surface area contributed by atoms with Gasteiger partial charge in [-0.15, -0.1) is 11.3 Å². The van der Waals surface area contributed by atoms with Crippen LogP contribution in [0.3, 0.4) is 0 Å². The molecule has 0 aliphatic carbocycles. The molecule has 1 atom stereocenters. The maximum atomic E-state index is 12.1. The summed E-state index contributed by atoms with van der Waals surface area (Å²) in [6.45, 7) is 2.41. The average molecular weight is 306 g/mol. The second kappa shape index (κ2) is 6.78. The van der Waals surface area contributed by atoms with Crippen LogP contribution < -0.4 is 10.0 Å². The number of sulfonamides is 1. The van der Waals surface area contributed by atoms with E-state index in [1.807, 2.05) is 12.4 Å². The van der Waals surface area contributed by atoms with E-state index in [9.17, 15) is 8.42 Å². The van der Waals surface area contributed by atoms with Crippen molar-refractivity contribution in [3.05, 3.63) is 17.0 Å². The number of ether oxygens (including phenoxy) is 2. The van der Waals surface area contributed by atoms with Crippen LogP contribution in [0.15, 0.2) is 15.7 Å². The third-order valence-corrected chi connectivity index (χ3v) is 5.57. The summed E-state index contributed by atoms with van der Waals surface area (Å²) in [6.07, 6.45) is -0.208. The standard InChI is InChI=1S/C11H18N2O4S2/c1-12-5-9-4-11(18-8-9)19(14,15)13-6-10-7-16-2-3-17-10/h4,8,10,12-13H,2-3,5-7H2,1H3. The van der Waals surface area contributed by atoms with Gasteiger partial charge in [0.15, 0.2) is 0 Å². The minimum atomic E-state index is -3.45. The van der Waals surface area contributed by atoms with Gasteiger partial charge in [-0.2, -0.15) is 0 Å². The van der Waals surface area contributed by atoms with Gasteiger partial charge in [0.25, 0.3) is 0 Å². The van der Waals surface area contributed by atoms with Gasteiger partial charge < -0.3 is 14.8 Å². The van der Waals surface area contributed by atoms with E-state index >= 15 is 0 Å². The summed E-state index contributed by atoms with van der Waals surface area (Å²) in [6, 6.07) is 1.68. The van der Waals surface area contributed by atoms with Crippen LogP contribution >= 0.6 is 11.3 Å². The molecule has 2 rings (SSSR count). The molecular weight excluding hydrogens is 288 g/mol. The molecule has 1 unspecified atom stereocenters. The van der Waals surface area contributed by atoms with Gasteiger partial charge in [0.1, 0.15) is 4.21 Å². The zero-order valence-corrected chi connectivity index (χ0v) is 12.4. The molecule has 0 radical (unpaired) electrons. The molecule has 19 heavy (non-hydrogen) atoms. The second-order valence-electron chi connectivity index (χ2n) is 4.22. The highest BCUT2D eigenvalue weighted by atomic mass is 32.2. The molecule has 0 spiro atoms. The van der Waals surface area contributed by atoms with Crippen LogP contribution in [-0.4, -0.2) is 47.9 Å². The van der Waals surface area contributed by atoms with Crippen LogP contribution in [0.1, 0.15) is 5.56 Å².